The molecule has 0 spiro atoms. The van der Waals surface area contributed by atoms with E-state index >= 15 is 0 Å². The highest BCUT2D eigenvalue weighted by Gasteiger charge is 2.34. The SMILES string of the molecule is C[n+]1c2c(S(=O)(=O)O)cc3c(=O)c4ccc(SOOO)cc4c(=O)c3c2[nH+]c2ccc3c(=O)c4ccc(S(=O)(=O)O)cc4c(=O)c3c21. The van der Waals surface area contributed by atoms with Gasteiger partial charge >= 0.3 is 10.1 Å². The van der Waals surface area contributed by atoms with Crippen molar-refractivity contribution >= 4 is 97.4 Å². The second kappa shape index (κ2) is 10.4. The maximum absolute atomic E-state index is 14.0. The summed E-state index contributed by atoms with van der Waals surface area (Å²) < 4.78 is 74.6. The lowest BCUT2D eigenvalue weighted by molar-refractivity contribution is -0.623. The number of aromatic nitrogens is 2. The Morgan fingerprint density at radius 3 is 1.96 bits per heavy atom. The van der Waals surface area contributed by atoms with E-state index in [0.717, 1.165) is 28.8 Å². The van der Waals surface area contributed by atoms with Gasteiger partial charge in [0.25, 0.3) is 32.2 Å². The van der Waals surface area contributed by atoms with Crippen LogP contribution in [0, 0.1) is 0 Å². The molecule has 18 heteroatoms. The minimum atomic E-state index is -5.11. The normalized spacial score (nSPS) is 12.8. The zero-order valence-corrected chi connectivity index (χ0v) is 25.7. The first-order valence-corrected chi connectivity index (χ1v) is 16.7. The second-order valence-corrected chi connectivity index (χ2v) is 14.1. The van der Waals surface area contributed by atoms with Gasteiger partial charge < -0.3 is 0 Å². The highest BCUT2D eigenvalue weighted by Crippen LogP contribution is 2.29. The van der Waals surface area contributed by atoms with Gasteiger partial charge in [-0.05, 0) is 48.5 Å². The summed E-state index contributed by atoms with van der Waals surface area (Å²) in [5.74, 6) is 0. The first kappa shape index (κ1) is 30.8. The molecule has 1 aromatic heterocycles. The number of H-pyrrole nitrogens is 1. The molecule has 0 amide bonds. The molecular formula is C29H16N2O13S3+2. The summed E-state index contributed by atoms with van der Waals surface area (Å²) in [5, 5.41) is 10.5. The predicted octanol–water partition coefficient (Wildman–Crippen LogP) is 1.48. The molecule has 0 aliphatic heterocycles. The zero-order valence-electron chi connectivity index (χ0n) is 23.3. The molecule has 0 aliphatic carbocycles. The molecule has 0 fully saturated rings. The van der Waals surface area contributed by atoms with Crippen molar-refractivity contribution in [3.8, 4) is 0 Å². The minimum absolute atomic E-state index is 0.0593. The lowest BCUT2D eigenvalue weighted by Crippen LogP contribution is -2.37. The molecule has 0 aliphatic rings. The number of aryl methyl sites for hydroxylation is 1. The van der Waals surface area contributed by atoms with Crippen molar-refractivity contribution in [2.24, 2.45) is 7.05 Å². The van der Waals surface area contributed by atoms with Gasteiger partial charge in [0.05, 0.1) is 16.9 Å². The third-order valence-electron chi connectivity index (χ3n) is 8.01. The van der Waals surface area contributed by atoms with Gasteiger partial charge in [0, 0.05) is 43.3 Å². The van der Waals surface area contributed by atoms with Crippen molar-refractivity contribution in [1.82, 2.24) is 0 Å². The summed E-state index contributed by atoms with van der Waals surface area (Å²) >= 11 is 0.536. The fraction of sp³-hybridized carbons (Fsp3) is 0.0345. The van der Waals surface area contributed by atoms with E-state index in [0.29, 0.717) is 12.0 Å². The average molecular weight is 697 g/mol. The first-order chi connectivity index (χ1) is 22.1. The average Bonchev–Trinajstić information content (AvgIpc) is 3.02. The molecule has 0 bridgehead atoms. The quantitative estimate of drug-likeness (QED) is 0.0440. The fourth-order valence-electron chi connectivity index (χ4n) is 6.06. The third kappa shape index (κ3) is 4.53. The van der Waals surface area contributed by atoms with Gasteiger partial charge in [0.2, 0.25) is 10.9 Å². The number of nitrogens with zero attached hydrogens (tertiary/aromatic N) is 1. The molecule has 6 aromatic carbocycles. The van der Waals surface area contributed by atoms with Crippen molar-refractivity contribution < 1.29 is 50.1 Å². The van der Waals surface area contributed by atoms with Crippen molar-refractivity contribution in [2.75, 3.05) is 0 Å². The number of nitrogens with one attached hydrogen (secondary N) is 1. The number of rotatable bonds is 5. The second-order valence-electron chi connectivity index (χ2n) is 10.5. The predicted molar refractivity (Wildman–Crippen MR) is 167 cm³/mol. The summed E-state index contributed by atoms with van der Waals surface area (Å²) in [5.41, 5.74) is -3.47. The van der Waals surface area contributed by atoms with Crippen molar-refractivity contribution in [2.45, 2.75) is 14.7 Å². The summed E-state index contributed by atoms with van der Waals surface area (Å²) in [6.07, 6.45) is 0. The van der Waals surface area contributed by atoms with E-state index < -0.39 is 51.7 Å². The van der Waals surface area contributed by atoms with Crippen LogP contribution in [0.2, 0.25) is 0 Å². The third-order valence-corrected chi connectivity index (χ3v) is 10.3. The van der Waals surface area contributed by atoms with Crippen LogP contribution in [0.5, 0.6) is 0 Å². The Hall–Kier alpha value is -4.79. The van der Waals surface area contributed by atoms with E-state index in [1.54, 1.807) is 0 Å². The Morgan fingerprint density at radius 1 is 0.681 bits per heavy atom. The highest BCUT2D eigenvalue weighted by atomic mass is 32.2. The Kier molecular flexibility index (Phi) is 6.80. The largest absolute Gasteiger partial charge is 0.301 e. The van der Waals surface area contributed by atoms with Crippen LogP contribution < -0.4 is 31.3 Å². The Balaban J connectivity index is 1.73. The first-order valence-electron chi connectivity index (χ1n) is 13.1. The molecule has 0 unspecified atom stereocenters. The van der Waals surface area contributed by atoms with Crippen LogP contribution in [0.4, 0.5) is 0 Å². The zero-order chi connectivity index (χ0) is 33.7. The number of aromatic amines is 1. The van der Waals surface area contributed by atoms with Crippen molar-refractivity contribution in [3.05, 3.63) is 95.5 Å². The molecular weight excluding hydrogens is 681 g/mol. The lowest BCUT2D eigenvalue weighted by atomic mass is 9.99. The molecule has 0 saturated heterocycles. The Labute approximate surface area is 264 Å². The van der Waals surface area contributed by atoms with E-state index in [9.17, 15) is 45.1 Å². The fourth-order valence-corrected chi connectivity index (χ4v) is 7.72. The molecule has 47 heavy (non-hydrogen) atoms. The highest BCUT2D eigenvalue weighted by molar-refractivity contribution is 7.94. The lowest BCUT2D eigenvalue weighted by Gasteiger charge is -2.08. The van der Waals surface area contributed by atoms with Crippen LogP contribution in [0.15, 0.2) is 88.5 Å². The molecule has 1 heterocycles. The van der Waals surface area contributed by atoms with Gasteiger partial charge in [-0.2, -0.15) is 26.4 Å². The number of hydrogen-bond donors (Lipinski definition) is 3. The van der Waals surface area contributed by atoms with Gasteiger partial charge in [-0.1, -0.05) is 5.04 Å². The van der Waals surface area contributed by atoms with Crippen LogP contribution >= 0.6 is 12.0 Å². The van der Waals surface area contributed by atoms with Gasteiger partial charge in [-0.25, -0.2) is 5.26 Å². The van der Waals surface area contributed by atoms with Crippen LogP contribution in [-0.2, 0) is 36.7 Å². The molecule has 0 saturated carbocycles. The summed E-state index contributed by atoms with van der Waals surface area (Å²) in [6, 6.07) is 10.4. The standard InChI is InChI=1S/C29H14N2O13S3/c1-31-24-19(7-6-15-22(24)29(35)17-9-12(46(37,38)39)3-5-14(17)26(15)32)30-23-21-18(10-20(25(23)31)47(40,41)42)27(33)13-4-2-11(45-44-43-36)8-16(13)28(21)34/h2-10H,1H3,(H2-,36,37,38,39,40,41,42)/p+2. The van der Waals surface area contributed by atoms with Crippen LogP contribution in [0.1, 0.15) is 0 Å². The van der Waals surface area contributed by atoms with E-state index in [2.05, 4.69) is 14.4 Å². The summed E-state index contributed by atoms with van der Waals surface area (Å²) in [4.78, 5) is 56.8. The number of fused-ring (bicyclic) bond motifs is 8. The van der Waals surface area contributed by atoms with E-state index in [1.807, 2.05) is 0 Å². The number of benzene rings is 6. The van der Waals surface area contributed by atoms with Crippen molar-refractivity contribution in [3.63, 3.8) is 0 Å². The monoisotopic (exact) mass is 696 g/mol. The van der Waals surface area contributed by atoms with Crippen LogP contribution in [-0.4, -0.2) is 31.2 Å². The van der Waals surface area contributed by atoms with E-state index in [4.69, 9.17) is 5.26 Å². The van der Waals surface area contributed by atoms with Crippen LogP contribution in [0.3, 0.4) is 0 Å². The molecule has 236 valence electrons. The molecule has 4 N–H and O–H groups in total. The van der Waals surface area contributed by atoms with Gasteiger partial charge in [0.1, 0.15) is 17.8 Å². The van der Waals surface area contributed by atoms with E-state index in [-0.39, 0.29) is 70.1 Å². The van der Waals surface area contributed by atoms with Gasteiger partial charge in [-0.3, -0.25) is 28.3 Å². The van der Waals surface area contributed by atoms with Crippen LogP contribution in [0.25, 0.3) is 65.2 Å². The Bertz CT molecular complexity index is 3050. The maximum atomic E-state index is 14.0. The Morgan fingerprint density at radius 2 is 1.30 bits per heavy atom. The minimum Gasteiger partial charge on any atom is -0.289 e. The molecule has 15 nitrogen and oxygen atoms in total. The molecule has 7 aromatic rings. The van der Waals surface area contributed by atoms with Gasteiger partial charge in [-0.15, -0.1) is 4.33 Å². The summed E-state index contributed by atoms with van der Waals surface area (Å²) in [6.45, 7) is 0. The molecule has 0 atom stereocenters. The maximum Gasteiger partial charge on any atom is 0.301 e. The smallest absolute Gasteiger partial charge is 0.289 e. The van der Waals surface area contributed by atoms with Gasteiger partial charge in [0.15, 0.2) is 15.8 Å². The summed E-state index contributed by atoms with van der Waals surface area (Å²) in [7, 11) is -8.56. The molecule has 0 radical (unpaired) electrons. The van der Waals surface area contributed by atoms with Crippen molar-refractivity contribution in [1.29, 1.82) is 0 Å². The number of hydrogen-bond acceptors (Lipinski definition) is 12. The van der Waals surface area contributed by atoms with E-state index in [1.165, 1.54) is 37.4 Å². The molecule has 7 rings (SSSR count). The topological polar surface area (TPSA) is 234 Å².